The van der Waals surface area contributed by atoms with E-state index in [1.165, 1.54) is 11.6 Å². The molecule has 0 bridgehead atoms. The summed E-state index contributed by atoms with van der Waals surface area (Å²) in [5.41, 5.74) is 1.91. The first kappa shape index (κ1) is 20.5. The normalized spacial score (nSPS) is 15.1. The summed E-state index contributed by atoms with van der Waals surface area (Å²) in [7, 11) is 4.76. The maximum atomic E-state index is 13.0. The molecule has 0 N–H and O–H groups in total. The van der Waals surface area contributed by atoms with E-state index in [1.807, 2.05) is 30.5 Å². The van der Waals surface area contributed by atoms with Crippen LogP contribution in [-0.2, 0) is 25.4 Å². The van der Waals surface area contributed by atoms with Gasteiger partial charge in [-0.25, -0.2) is 4.79 Å². The minimum absolute atomic E-state index is 0.363. The summed E-state index contributed by atoms with van der Waals surface area (Å²) in [5, 5.41) is 0. The molecule has 4 aromatic rings. The van der Waals surface area contributed by atoms with Crippen molar-refractivity contribution in [2.24, 2.45) is 14.1 Å². The largest absolute Gasteiger partial charge is 0.497 e. The molecular weight excluding hydrogens is 412 g/mol. The molecule has 10 nitrogen and oxygen atoms in total. The summed E-state index contributed by atoms with van der Waals surface area (Å²) >= 11 is 0. The number of methoxy groups -OCH3 is 1. The molecule has 1 aliphatic rings. The Labute approximate surface area is 183 Å². The third-order valence-electron chi connectivity index (χ3n) is 6.17. The second-order valence-corrected chi connectivity index (χ2v) is 8.01. The van der Waals surface area contributed by atoms with Crippen molar-refractivity contribution in [1.29, 1.82) is 0 Å². The van der Waals surface area contributed by atoms with Crippen LogP contribution in [0.15, 0.2) is 40.1 Å². The monoisotopic (exact) mass is 438 g/mol. The van der Waals surface area contributed by atoms with Crippen LogP contribution in [0.5, 0.6) is 5.75 Å². The van der Waals surface area contributed by atoms with Crippen molar-refractivity contribution in [2.75, 3.05) is 40.0 Å². The van der Waals surface area contributed by atoms with E-state index in [0.717, 1.165) is 54.4 Å². The molecule has 0 amide bonds. The lowest BCUT2D eigenvalue weighted by Crippen LogP contribution is -2.38. The number of fused-ring (bicyclic) bond motifs is 3. The predicted molar refractivity (Wildman–Crippen MR) is 120 cm³/mol. The molecular formula is C22H26N6O4. The van der Waals surface area contributed by atoms with Gasteiger partial charge in [0.15, 0.2) is 11.2 Å². The number of imidazole rings is 2. The van der Waals surface area contributed by atoms with Gasteiger partial charge in [0, 0.05) is 52.0 Å². The van der Waals surface area contributed by atoms with Gasteiger partial charge in [0.2, 0.25) is 5.78 Å². The maximum Gasteiger partial charge on any atom is 0.332 e. The molecule has 1 saturated heterocycles. The maximum absolute atomic E-state index is 13.0. The highest BCUT2D eigenvalue weighted by Crippen LogP contribution is 2.28. The highest BCUT2D eigenvalue weighted by molar-refractivity contribution is 5.78. The lowest BCUT2D eigenvalue weighted by molar-refractivity contribution is 0.0365. The first-order chi connectivity index (χ1) is 15.5. The van der Waals surface area contributed by atoms with Crippen molar-refractivity contribution in [3.05, 3.63) is 51.3 Å². The highest BCUT2D eigenvalue weighted by Gasteiger charge is 2.21. The number of hydrogen-bond donors (Lipinski definition) is 0. The van der Waals surface area contributed by atoms with E-state index in [0.29, 0.717) is 23.5 Å². The molecule has 168 valence electrons. The molecule has 1 aliphatic heterocycles. The topological polar surface area (TPSA) is 87.9 Å². The van der Waals surface area contributed by atoms with Gasteiger partial charge >= 0.3 is 5.69 Å². The summed E-state index contributed by atoms with van der Waals surface area (Å²) in [5.74, 6) is 1.38. The Morgan fingerprint density at radius 3 is 2.62 bits per heavy atom. The van der Waals surface area contributed by atoms with Crippen LogP contribution in [0.2, 0.25) is 0 Å². The van der Waals surface area contributed by atoms with Crippen LogP contribution < -0.4 is 16.0 Å². The van der Waals surface area contributed by atoms with Crippen molar-refractivity contribution < 1.29 is 9.47 Å². The van der Waals surface area contributed by atoms with Gasteiger partial charge in [-0.05, 0) is 12.1 Å². The fourth-order valence-corrected chi connectivity index (χ4v) is 4.31. The summed E-state index contributed by atoms with van der Waals surface area (Å²) in [6.07, 6.45) is 1.92. The van der Waals surface area contributed by atoms with Crippen LogP contribution >= 0.6 is 0 Å². The Morgan fingerprint density at radius 2 is 1.88 bits per heavy atom. The van der Waals surface area contributed by atoms with Crippen molar-refractivity contribution in [3.8, 4) is 17.0 Å². The summed E-state index contributed by atoms with van der Waals surface area (Å²) in [6.45, 7) is 4.74. The van der Waals surface area contributed by atoms with E-state index in [-0.39, 0.29) is 5.56 Å². The lowest BCUT2D eigenvalue weighted by Gasteiger charge is -2.26. The van der Waals surface area contributed by atoms with Gasteiger partial charge in [-0.15, -0.1) is 0 Å². The Kier molecular flexibility index (Phi) is 5.10. The van der Waals surface area contributed by atoms with Gasteiger partial charge in [0.05, 0.1) is 26.0 Å². The Balaban J connectivity index is 1.72. The molecule has 0 radical (unpaired) electrons. The number of benzene rings is 1. The molecule has 0 atom stereocenters. The van der Waals surface area contributed by atoms with Crippen LogP contribution in [0.25, 0.3) is 28.2 Å². The van der Waals surface area contributed by atoms with Crippen LogP contribution in [0.1, 0.15) is 0 Å². The molecule has 1 aromatic carbocycles. The quantitative estimate of drug-likeness (QED) is 0.456. The van der Waals surface area contributed by atoms with Gasteiger partial charge in [0.25, 0.3) is 5.56 Å². The second-order valence-electron chi connectivity index (χ2n) is 8.01. The Bertz CT molecular complexity index is 1420. The van der Waals surface area contributed by atoms with E-state index in [9.17, 15) is 9.59 Å². The molecule has 10 heteroatoms. The van der Waals surface area contributed by atoms with Crippen molar-refractivity contribution in [3.63, 3.8) is 0 Å². The number of ether oxygens (including phenoxy) is 2. The third kappa shape index (κ3) is 3.23. The summed E-state index contributed by atoms with van der Waals surface area (Å²) in [4.78, 5) is 32.5. The molecule has 0 spiro atoms. The number of rotatable bonds is 5. The van der Waals surface area contributed by atoms with Crippen LogP contribution in [-0.4, -0.2) is 67.9 Å². The number of aryl methyl sites for hydroxylation is 1. The van der Waals surface area contributed by atoms with Gasteiger partial charge in [0.1, 0.15) is 5.75 Å². The Morgan fingerprint density at radius 1 is 1.09 bits per heavy atom. The second kappa shape index (κ2) is 7.95. The van der Waals surface area contributed by atoms with Crippen LogP contribution in [0.3, 0.4) is 0 Å². The standard InChI is InChI=1S/C22H26N6O4/c1-24-19-18(20(29)25(2)22(24)30)28-14-17(15-5-4-6-16(13-15)31-3)27(21(28)23-19)8-7-26-9-11-32-12-10-26/h4-6,13-14H,7-12H2,1-3H3. The average molecular weight is 438 g/mol. The van der Waals surface area contributed by atoms with Crippen molar-refractivity contribution in [2.45, 2.75) is 6.54 Å². The SMILES string of the molecule is COc1cccc(-c2cn3c4c(=O)n(C)c(=O)n(C)c4nc3n2CCN2CCOCC2)c1. The molecule has 0 aliphatic carbocycles. The fourth-order valence-electron chi connectivity index (χ4n) is 4.31. The molecule has 1 fully saturated rings. The number of hydrogen-bond acceptors (Lipinski definition) is 6. The van der Waals surface area contributed by atoms with Crippen LogP contribution in [0.4, 0.5) is 0 Å². The smallest absolute Gasteiger partial charge is 0.332 e. The van der Waals surface area contributed by atoms with Crippen molar-refractivity contribution >= 4 is 16.9 Å². The molecule has 3 aromatic heterocycles. The van der Waals surface area contributed by atoms with Gasteiger partial charge < -0.3 is 14.0 Å². The van der Waals surface area contributed by atoms with Crippen molar-refractivity contribution in [1.82, 2.24) is 28.0 Å². The number of nitrogens with zero attached hydrogens (tertiary/aromatic N) is 6. The lowest BCUT2D eigenvalue weighted by atomic mass is 10.1. The van der Waals surface area contributed by atoms with E-state index >= 15 is 0 Å². The molecule has 4 heterocycles. The number of morpholine rings is 1. The average Bonchev–Trinajstić information content (AvgIpc) is 3.37. The van der Waals surface area contributed by atoms with E-state index < -0.39 is 5.69 Å². The highest BCUT2D eigenvalue weighted by atomic mass is 16.5. The van der Waals surface area contributed by atoms with E-state index in [2.05, 4.69) is 9.47 Å². The molecule has 0 saturated carbocycles. The van der Waals surface area contributed by atoms with Gasteiger partial charge in [-0.3, -0.25) is 23.2 Å². The first-order valence-corrected chi connectivity index (χ1v) is 10.6. The fraction of sp³-hybridized carbons (Fsp3) is 0.409. The number of aromatic nitrogens is 5. The first-order valence-electron chi connectivity index (χ1n) is 10.6. The third-order valence-corrected chi connectivity index (χ3v) is 6.17. The van der Waals surface area contributed by atoms with E-state index in [4.69, 9.17) is 14.5 Å². The van der Waals surface area contributed by atoms with Gasteiger partial charge in [-0.2, -0.15) is 4.98 Å². The van der Waals surface area contributed by atoms with Crippen LogP contribution in [0, 0.1) is 0 Å². The predicted octanol–water partition coefficient (Wildman–Crippen LogP) is 0.694. The van der Waals surface area contributed by atoms with Gasteiger partial charge in [-0.1, -0.05) is 12.1 Å². The minimum Gasteiger partial charge on any atom is -0.497 e. The summed E-state index contributed by atoms with van der Waals surface area (Å²) < 4.78 is 17.3. The minimum atomic E-state index is -0.392. The zero-order valence-corrected chi connectivity index (χ0v) is 18.4. The molecule has 32 heavy (non-hydrogen) atoms. The summed E-state index contributed by atoms with van der Waals surface area (Å²) in [6, 6.07) is 7.82. The Hall–Kier alpha value is -3.37. The van der Waals surface area contributed by atoms with E-state index in [1.54, 1.807) is 18.6 Å². The zero-order valence-electron chi connectivity index (χ0n) is 18.4. The molecule has 5 rings (SSSR count). The zero-order chi connectivity index (χ0) is 22.4. The molecule has 0 unspecified atom stereocenters.